The number of hydrogen-bond acceptors (Lipinski definition) is 3. The zero-order valence-corrected chi connectivity index (χ0v) is 9.87. The van der Waals surface area contributed by atoms with Crippen LogP contribution in [-0.2, 0) is 11.3 Å². The lowest BCUT2D eigenvalue weighted by Crippen LogP contribution is -2.14. The highest BCUT2D eigenvalue weighted by Crippen LogP contribution is 2.19. The second-order valence-electron chi connectivity index (χ2n) is 4.54. The molecule has 0 saturated carbocycles. The molecule has 0 bridgehead atoms. The molecule has 94 valence electrons. The SMILES string of the molecule is O=C(O)c1ccc2ncn(CC3CCCO3)c2c1. The quantitative estimate of drug-likeness (QED) is 0.898. The number of carbonyl (C=O) groups is 1. The molecular formula is C13H14N2O3. The largest absolute Gasteiger partial charge is 0.478 e. The lowest BCUT2D eigenvalue weighted by atomic mass is 10.2. The molecule has 5 nitrogen and oxygen atoms in total. The van der Waals surface area contributed by atoms with E-state index in [-0.39, 0.29) is 11.7 Å². The van der Waals surface area contributed by atoms with Gasteiger partial charge >= 0.3 is 5.97 Å². The van der Waals surface area contributed by atoms with Gasteiger partial charge in [0.2, 0.25) is 0 Å². The fourth-order valence-electron chi connectivity index (χ4n) is 2.34. The summed E-state index contributed by atoms with van der Waals surface area (Å²) in [7, 11) is 0. The molecule has 1 aliphatic rings. The molecule has 5 heteroatoms. The Labute approximate surface area is 104 Å². The molecule has 1 aromatic heterocycles. The van der Waals surface area contributed by atoms with Crippen molar-refractivity contribution in [2.75, 3.05) is 6.61 Å². The molecule has 1 unspecified atom stereocenters. The zero-order chi connectivity index (χ0) is 12.5. The molecule has 1 aromatic carbocycles. The van der Waals surface area contributed by atoms with Gasteiger partial charge in [0.15, 0.2) is 0 Å². The molecule has 1 atom stereocenters. The zero-order valence-electron chi connectivity index (χ0n) is 9.87. The molecule has 1 fully saturated rings. The van der Waals surface area contributed by atoms with E-state index in [0.29, 0.717) is 0 Å². The minimum Gasteiger partial charge on any atom is -0.478 e. The van der Waals surface area contributed by atoms with Crippen molar-refractivity contribution in [3.63, 3.8) is 0 Å². The number of aromatic carboxylic acids is 1. The average Bonchev–Trinajstić information content (AvgIpc) is 2.99. The summed E-state index contributed by atoms with van der Waals surface area (Å²) in [5.74, 6) is -0.915. The van der Waals surface area contributed by atoms with Crippen LogP contribution in [0.25, 0.3) is 11.0 Å². The van der Waals surface area contributed by atoms with Gasteiger partial charge in [-0.05, 0) is 31.0 Å². The van der Waals surface area contributed by atoms with Crippen molar-refractivity contribution >= 4 is 17.0 Å². The minimum absolute atomic E-state index is 0.218. The highest BCUT2D eigenvalue weighted by atomic mass is 16.5. The Morgan fingerprint density at radius 3 is 3.17 bits per heavy atom. The van der Waals surface area contributed by atoms with E-state index in [4.69, 9.17) is 9.84 Å². The minimum atomic E-state index is -0.915. The van der Waals surface area contributed by atoms with Gasteiger partial charge in [0, 0.05) is 6.61 Å². The highest BCUT2D eigenvalue weighted by Gasteiger charge is 2.17. The van der Waals surface area contributed by atoms with Crippen LogP contribution in [0, 0.1) is 0 Å². The van der Waals surface area contributed by atoms with Crippen molar-refractivity contribution in [1.29, 1.82) is 0 Å². The summed E-state index contributed by atoms with van der Waals surface area (Å²) in [4.78, 5) is 15.2. The van der Waals surface area contributed by atoms with Gasteiger partial charge in [0.05, 0.1) is 35.6 Å². The van der Waals surface area contributed by atoms with Crippen molar-refractivity contribution in [3.05, 3.63) is 30.1 Å². The predicted octanol–water partition coefficient (Wildman–Crippen LogP) is 1.91. The molecule has 1 N–H and O–H groups in total. The first kappa shape index (κ1) is 11.2. The molecule has 0 radical (unpaired) electrons. The van der Waals surface area contributed by atoms with E-state index in [0.717, 1.165) is 37.0 Å². The second kappa shape index (κ2) is 4.42. The van der Waals surface area contributed by atoms with Crippen LogP contribution < -0.4 is 0 Å². The number of ether oxygens (including phenoxy) is 1. The third kappa shape index (κ3) is 1.97. The molecule has 1 aliphatic heterocycles. The summed E-state index contributed by atoms with van der Waals surface area (Å²) in [6, 6.07) is 4.98. The monoisotopic (exact) mass is 246 g/mol. The molecule has 2 aromatic rings. The van der Waals surface area contributed by atoms with Crippen molar-refractivity contribution in [1.82, 2.24) is 9.55 Å². The van der Waals surface area contributed by atoms with Gasteiger partial charge in [-0.2, -0.15) is 0 Å². The average molecular weight is 246 g/mol. The lowest BCUT2D eigenvalue weighted by Gasteiger charge is -2.10. The Bertz CT molecular complexity index is 585. The normalized spacial score (nSPS) is 19.4. The number of aromatic nitrogens is 2. The number of rotatable bonds is 3. The summed E-state index contributed by atoms with van der Waals surface area (Å²) < 4.78 is 7.56. The van der Waals surface area contributed by atoms with Gasteiger partial charge in [-0.25, -0.2) is 9.78 Å². The van der Waals surface area contributed by atoms with E-state index >= 15 is 0 Å². The van der Waals surface area contributed by atoms with E-state index in [9.17, 15) is 4.79 Å². The Hall–Kier alpha value is -1.88. The summed E-state index contributed by atoms with van der Waals surface area (Å²) >= 11 is 0. The smallest absolute Gasteiger partial charge is 0.335 e. The second-order valence-corrected chi connectivity index (χ2v) is 4.54. The van der Waals surface area contributed by atoms with E-state index < -0.39 is 5.97 Å². The Kier molecular flexibility index (Phi) is 2.76. The summed E-state index contributed by atoms with van der Waals surface area (Å²) in [5, 5.41) is 9.00. The van der Waals surface area contributed by atoms with Gasteiger partial charge in [-0.1, -0.05) is 0 Å². The van der Waals surface area contributed by atoms with Crippen LogP contribution in [0.3, 0.4) is 0 Å². The highest BCUT2D eigenvalue weighted by molar-refractivity contribution is 5.92. The maximum atomic E-state index is 11.0. The number of imidazole rings is 1. The van der Waals surface area contributed by atoms with Gasteiger partial charge < -0.3 is 14.4 Å². The Morgan fingerprint density at radius 1 is 1.56 bits per heavy atom. The predicted molar refractivity (Wildman–Crippen MR) is 65.7 cm³/mol. The summed E-state index contributed by atoms with van der Waals surface area (Å²) in [5.41, 5.74) is 1.96. The fraction of sp³-hybridized carbons (Fsp3) is 0.385. The first-order chi connectivity index (χ1) is 8.74. The molecule has 2 heterocycles. The molecule has 18 heavy (non-hydrogen) atoms. The molecule has 0 spiro atoms. The molecule has 0 aliphatic carbocycles. The Morgan fingerprint density at radius 2 is 2.44 bits per heavy atom. The van der Waals surface area contributed by atoms with Crippen molar-refractivity contribution < 1.29 is 14.6 Å². The number of nitrogens with zero attached hydrogens (tertiary/aromatic N) is 2. The number of benzene rings is 1. The molecule has 0 amide bonds. The van der Waals surface area contributed by atoms with Gasteiger partial charge in [0.25, 0.3) is 0 Å². The third-order valence-electron chi connectivity index (χ3n) is 3.29. The molecular weight excluding hydrogens is 232 g/mol. The van der Waals surface area contributed by atoms with E-state index in [1.165, 1.54) is 0 Å². The summed E-state index contributed by atoms with van der Waals surface area (Å²) in [6.07, 6.45) is 4.12. The van der Waals surface area contributed by atoms with Crippen LogP contribution in [-0.4, -0.2) is 33.3 Å². The van der Waals surface area contributed by atoms with Crippen LogP contribution in [0.15, 0.2) is 24.5 Å². The maximum Gasteiger partial charge on any atom is 0.335 e. The maximum absolute atomic E-state index is 11.0. The van der Waals surface area contributed by atoms with Crippen molar-refractivity contribution in [2.24, 2.45) is 0 Å². The van der Waals surface area contributed by atoms with Gasteiger partial charge in [-0.15, -0.1) is 0 Å². The van der Waals surface area contributed by atoms with Crippen LogP contribution in [0.4, 0.5) is 0 Å². The third-order valence-corrected chi connectivity index (χ3v) is 3.29. The van der Waals surface area contributed by atoms with Crippen molar-refractivity contribution in [3.8, 4) is 0 Å². The van der Waals surface area contributed by atoms with Crippen LogP contribution in [0.5, 0.6) is 0 Å². The molecule has 3 rings (SSSR count). The van der Waals surface area contributed by atoms with Crippen LogP contribution in [0.2, 0.25) is 0 Å². The number of carboxylic acids is 1. The van der Waals surface area contributed by atoms with E-state index in [1.807, 2.05) is 4.57 Å². The van der Waals surface area contributed by atoms with Crippen LogP contribution in [0.1, 0.15) is 23.2 Å². The topological polar surface area (TPSA) is 64.3 Å². The van der Waals surface area contributed by atoms with Crippen LogP contribution >= 0.6 is 0 Å². The number of carboxylic acid groups (broad SMARTS) is 1. The first-order valence-electron chi connectivity index (χ1n) is 6.04. The fourth-order valence-corrected chi connectivity index (χ4v) is 2.34. The number of fused-ring (bicyclic) bond motifs is 1. The Balaban J connectivity index is 1.95. The van der Waals surface area contributed by atoms with Gasteiger partial charge in [0.1, 0.15) is 0 Å². The standard InChI is InChI=1S/C13H14N2O3/c16-13(17)9-3-4-11-12(6-9)15(8-14-11)7-10-2-1-5-18-10/h3-4,6,8,10H,1-2,5,7H2,(H,16,17). The van der Waals surface area contributed by atoms with E-state index in [1.54, 1.807) is 24.5 Å². The number of hydrogen-bond donors (Lipinski definition) is 1. The molecule has 1 saturated heterocycles. The lowest BCUT2D eigenvalue weighted by molar-refractivity contribution is 0.0697. The van der Waals surface area contributed by atoms with Gasteiger partial charge in [-0.3, -0.25) is 0 Å². The van der Waals surface area contributed by atoms with Crippen molar-refractivity contribution in [2.45, 2.75) is 25.5 Å². The first-order valence-corrected chi connectivity index (χ1v) is 6.04. The van der Waals surface area contributed by atoms with E-state index in [2.05, 4.69) is 4.98 Å². The summed E-state index contributed by atoms with van der Waals surface area (Å²) in [6.45, 7) is 1.55.